The molecule has 4 aromatic rings. The molecule has 0 saturated carbocycles. The van der Waals surface area contributed by atoms with Crippen molar-refractivity contribution in [3.05, 3.63) is 83.9 Å². The summed E-state index contributed by atoms with van der Waals surface area (Å²) in [7, 11) is 1.61. The van der Waals surface area contributed by atoms with Crippen LogP contribution in [0.25, 0.3) is 22.5 Å². The summed E-state index contributed by atoms with van der Waals surface area (Å²) in [4.78, 5) is 24.7. The zero-order chi connectivity index (χ0) is 27.4. The molecule has 5 rings (SSSR count). The van der Waals surface area contributed by atoms with Gasteiger partial charge in [0.1, 0.15) is 5.82 Å². The van der Waals surface area contributed by atoms with Crippen molar-refractivity contribution >= 4 is 11.6 Å². The van der Waals surface area contributed by atoms with Gasteiger partial charge in [-0.05, 0) is 12.1 Å². The van der Waals surface area contributed by atoms with Crippen molar-refractivity contribution in [2.75, 3.05) is 38.2 Å². The first-order valence-electron chi connectivity index (χ1n) is 12.5. The Hall–Kier alpha value is -4.09. The Labute approximate surface area is 223 Å². The van der Waals surface area contributed by atoms with Gasteiger partial charge in [0.15, 0.2) is 0 Å². The maximum atomic E-state index is 14.3. The van der Waals surface area contributed by atoms with Crippen molar-refractivity contribution in [1.82, 2.24) is 24.6 Å². The highest BCUT2D eigenvalue weighted by molar-refractivity contribution is 6.07. The summed E-state index contributed by atoms with van der Waals surface area (Å²) in [6.45, 7) is 3.78. The molecule has 1 saturated heterocycles. The van der Waals surface area contributed by atoms with E-state index in [0.717, 1.165) is 25.7 Å². The lowest BCUT2D eigenvalue weighted by Crippen LogP contribution is -2.37. The second-order valence-electron chi connectivity index (χ2n) is 9.17. The molecule has 0 radical (unpaired) electrons. The maximum Gasteiger partial charge on any atom is 0.417 e. The molecule has 2 aromatic carbocycles. The number of aromatic nitrogens is 4. The van der Waals surface area contributed by atoms with Crippen LogP contribution in [0.3, 0.4) is 0 Å². The van der Waals surface area contributed by atoms with Crippen LogP contribution in [0.1, 0.15) is 21.7 Å². The van der Waals surface area contributed by atoms with E-state index in [2.05, 4.69) is 20.3 Å². The van der Waals surface area contributed by atoms with E-state index in [1.807, 2.05) is 30.3 Å². The van der Waals surface area contributed by atoms with Gasteiger partial charge in [-0.1, -0.05) is 42.5 Å². The highest BCUT2D eigenvalue weighted by Gasteiger charge is 2.38. The lowest BCUT2D eigenvalue weighted by molar-refractivity contribution is -0.137. The first-order valence-corrected chi connectivity index (χ1v) is 12.5. The fraction of sp³-hybridized carbons (Fsp3) is 0.286. The summed E-state index contributed by atoms with van der Waals surface area (Å²) in [5, 5.41) is 6.75. The van der Waals surface area contributed by atoms with Gasteiger partial charge in [-0.25, -0.2) is 9.97 Å². The quantitative estimate of drug-likeness (QED) is 0.369. The molecule has 2 aromatic heterocycles. The highest BCUT2D eigenvalue weighted by atomic mass is 19.4. The van der Waals surface area contributed by atoms with Crippen LogP contribution in [0.5, 0.6) is 0 Å². The Bertz CT molecular complexity index is 1450. The number of carbonyl (C=O) groups excluding carboxylic acids is 1. The molecule has 3 heterocycles. The molecule has 0 aliphatic carbocycles. The van der Waals surface area contributed by atoms with Crippen LogP contribution in [0.4, 0.5) is 18.9 Å². The third-order valence-corrected chi connectivity index (χ3v) is 6.47. The van der Waals surface area contributed by atoms with Crippen LogP contribution < -0.4 is 5.32 Å². The summed E-state index contributed by atoms with van der Waals surface area (Å²) in [6, 6.07) is 14.5. The molecule has 1 fully saturated rings. The van der Waals surface area contributed by atoms with E-state index < -0.39 is 23.2 Å². The number of nitrogens with zero attached hydrogens (tertiary/aromatic N) is 5. The average Bonchev–Trinajstić information content (AvgIpc) is 3.38. The van der Waals surface area contributed by atoms with Crippen LogP contribution in [0.15, 0.2) is 67.0 Å². The number of nitrogens with one attached hydrogen (secondary N) is 1. The Morgan fingerprint density at radius 3 is 2.51 bits per heavy atom. The van der Waals surface area contributed by atoms with Gasteiger partial charge < -0.3 is 10.1 Å². The van der Waals surface area contributed by atoms with Crippen LogP contribution in [-0.2, 0) is 24.4 Å². The number of morpholine rings is 1. The summed E-state index contributed by atoms with van der Waals surface area (Å²) >= 11 is 0. The van der Waals surface area contributed by atoms with Gasteiger partial charge >= 0.3 is 6.18 Å². The van der Waals surface area contributed by atoms with E-state index in [0.29, 0.717) is 36.7 Å². The monoisotopic (exact) mass is 536 g/mol. The van der Waals surface area contributed by atoms with Gasteiger partial charge in [0, 0.05) is 50.4 Å². The van der Waals surface area contributed by atoms with E-state index in [1.54, 1.807) is 13.2 Å². The number of anilines is 1. The lowest BCUT2D eigenvalue weighted by Gasteiger charge is -2.26. The highest BCUT2D eigenvalue weighted by Crippen LogP contribution is 2.39. The van der Waals surface area contributed by atoms with Crippen LogP contribution >= 0.6 is 0 Å². The third kappa shape index (κ3) is 6.15. The molecule has 8 nitrogen and oxygen atoms in total. The van der Waals surface area contributed by atoms with Gasteiger partial charge in [0.05, 0.1) is 47.6 Å². The number of hydrogen-bond donors (Lipinski definition) is 1. The molecule has 0 unspecified atom stereocenters. The Balaban J connectivity index is 1.47. The average molecular weight is 537 g/mol. The number of benzene rings is 2. The maximum absolute atomic E-state index is 14.3. The minimum Gasteiger partial charge on any atom is -0.379 e. The molecule has 1 amide bonds. The normalized spacial score (nSPS) is 14.4. The van der Waals surface area contributed by atoms with E-state index in [1.165, 1.54) is 29.1 Å². The number of carbonyl (C=O) groups is 1. The van der Waals surface area contributed by atoms with Crippen LogP contribution in [0.2, 0.25) is 0 Å². The Morgan fingerprint density at radius 2 is 1.82 bits per heavy atom. The van der Waals surface area contributed by atoms with Crippen molar-refractivity contribution in [1.29, 1.82) is 0 Å². The molecule has 1 N–H and O–H groups in total. The lowest BCUT2D eigenvalue weighted by atomic mass is 9.97. The fourth-order valence-corrected chi connectivity index (χ4v) is 4.54. The van der Waals surface area contributed by atoms with Crippen molar-refractivity contribution in [2.24, 2.45) is 7.05 Å². The summed E-state index contributed by atoms with van der Waals surface area (Å²) < 4.78 is 49.7. The number of rotatable bonds is 7. The predicted octanol–water partition coefficient (Wildman–Crippen LogP) is 4.69. The van der Waals surface area contributed by atoms with E-state index in [9.17, 15) is 18.0 Å². The van der Waals surface area contributed by atoms with E-state index >= 15 is 0 Å². The first-order chi connectivity index (χ1) is 18.8. The molecule has 39 heavy (non-hydrogen) atoms. The van der Waals surface area contributed by atoms with Crippen molar-refractivity contribution < 1.29 is 22.7 Å². The van der Waals surface area contributed by atoms with Crippen molar-refractivity contribution in [3.63, 3.8) is 0 Å². The first kappa shape index (κ1) is 26.5. The molecular weight excluding hydrogens is 509 g/mol. The number of ether oxygens (including phenoxy) is 1. The molecule has 0 spiro atoms. The van der Waals surface area contributed by atoms with Gasteiger partial charge in [0.25, 0.3) is 5.91 Å². The molecule has 202 valence electrons. The number of aryl methyl sites for hydroxylation is 1. The molecule has 0 atom stereocenters. The second-order valence-corrected chi connectivity index (χ2v) is 9.17. The summed E-state index contributed by atoms with van der Waals surface area (Å²) in [6.07, 6.45) is -1.20. The Kier molecular flexibility index (Phi) is 7.71. The van der Waals surface area contributed by atoms with Gasteiger partial charge in [-0.3, -0.25) is 14.4 Å². The molecule has 11 heteroatoms. The fourth-order valence-electron chi connectivity index (χ4n) is 4.54. The van der Waals surface area contributed by atoms with E-state index in [4.69, 9.17) is 9.72 Å². The molecular formula is C28H27F3N6O2. The van der Waals surface area contributed by atoms with E-state index in [-0.39, 0.29) is 16.9 Å². The van der Waals surface area contributed by atoms with Crippen molar-refractivity contribution in [2.45, 2.75) is 12.6 Å². The minimum atomic E-state index is -4.79. The summed E-state index contributed by atoms with van der Waals surface area (Å²) in [5.41, 5.74) is -0.248. The second kappa shape index (κ2) is 11.3. The smallest absolute Gasteiger partial charge is 0.379 e. The number of halogens is 3. The van der Waals surface area contributed by atoms with Crippen LogP contribution in [0, 0.1) is 0 Å². The number of alkyl halides is 3. The molecule has 1 aliphatic rings. The number of hydrogen-bond acceptors (Lipinski definition) is 6. The topological polar surface area (TPSA) is 85.2 Å². The standard InChI is InChI=1S/C28H27F3N6O2/c1-36-12-10-22(35-36)20-8-5-9-21(25(20)28(29,30)31)27(38)33-23-18-32-24(11-13-37-14-16-39-17-15-37)34-26(23)19-6-3-2-4-7-19/h2-10,12,18H,11,13-17H2,1H3,(H,33,38). The largest absolute Gasteiger partial charge is 0.417 e. The zero-order valence-corrected chi connectivity index (χ0v) is 21.3. The zero-order valence-electron chi connectivity index (χ0n) is 21.3. The van der Waals surface area contributed by atoms with Gasteiger partial charge in [0.2, 0.25) is 0 Å². The number of amides is 1. The van der Waals surface area contributed by atoms with Crippen LogP contribution in [-0.4, -0.2) is 63.4 Å². The third-order valence-electron chi connectivity index (χ3n) is 6.47. The summed E-state index contributed by atoms with van der Waals surface area (Å²) in [5.74, 6) is -0.339. The Morgan fingerprint density at radius 1 is 1.05 bits per heavy atom. The predicted molar refractivity (Wildman–Crippen MR) is 140 cm³/mol. The molecule has 1 aliphatic heterocycles. The van der Waals surface area contributed by atoms with Crippen molar-refractivity contribution in [3.8, 4) is 22.5 Å². The molecule has 0 bridgehead atoms. The van der Waals surface area contributed by atoms with Gasteiger partial charge in [-0.15, -0.1) is 0 Å². The van der Waals surface area contributed by atoms with Gasteiger partial charge in [-0.2, -0.15) is 18.3 Å². The SMILES string of the molecule is Cn1ccc(-c2cccc(C(=O)Nc3cnc(CCN4CCOCC4)nc3-c3ccccc3)c2C(F)(F)F)n1. The minimum absolute atomic E-state index is 0.123.